The third-order valence-corrected chi connectivity index (χ3v) is 3.18. The lowest BCUT2D eigenvalue weighted by Gasteiger charge is -2.07. The summed E-state index contributed by atoms with van der Waals surface area (Å²) in [5, 5.41) is 13.5. The molecule has 7 nitrogen and oxygen atoms in total. The molecular weight excluding hydrogens is 319 g/mol. The molecule has 2 aromatic rings. The van der Waals surface area contributed by atoms with E-state index in [9.17, 15) is 24.1 Å². The van der Waals surface area contributed by atoms with E-state index in [0.29, 0.717) is 5.56 Å². The number of hydrogen-bond donors (Lipinski definition) is 1. The second kappa shape index (κ2) is 7.32. The lowest BCUT2D eigenvalue weighted by Crippen LogP contribution is -2.23. The molecule has 2 rings (SSSR count). The SMILES string of the molecule is COC(=O)c1cc(C(=O)NCc2ccc(F)cc2)cc([N+](=O)[O-])c1. The number of benzene rings is 2. The lowest BCUT2D eigenvalue weighted by atomic mass is 10.1. The third kappa shape index (κ3) is 4.13. The summed E-state index contributed by atoms with van der Waals surface area (Å²) in [7, 11) is 1.13. The van der Waals surface area contributed by atoms with E-state index in [1.165, 1.54) is 30.3 Å². The van der Waals surface area contributed by atoms with Crippen LogP contribution in [-0.2, 0) is 11.3 Å². The molecule has 0 saturated heterocycles. The maximum absolute atomic E-state index is 12.8. The molecule has 0 heterocycles. The number of amides is 1. The van der Waals surface area contributed by atoms with E-state index < -0.39 is 28.3 Å². The van der Waals surface area contributed by atoms with E-state index in [1.54, 1.807) is 0 Å². The van der Waals surface area contributed by atoms with Gasteiger partial charge in [0, 0.05) is 24.2 Å². The van der Waals surface area contributed by atoms with Gasteiger partial charge in [-0.1, -0.05) is 12.1 Å². The molecule has 0 aliphatic carbocycles. The van der Waals surface area contributed by atoms with Crippen molar-refractivity contribution in [3.05, 3.63) is 75.1 Å². The van der Waals surface area contributed by atoms with E-state index in [-0.39, 0.29) is 17.7 Å². The number of ether oxygens (including phenoxy) is 1. The number of carbonyl (C=O) groups excluding carboxylic acids is 2. The van der Waals surface area contributed by atoms with E-state index in [4.69, 9.17) is 0 Å². The van der Waals surface area contributed by atoms with Crippen molar-refractivity contribution in [2.45, 2.75) is 6.54 Å². The van der Waals surface area contributed by atoms with Crippen molar-refractivity contribution in [3.8, 4) is 0 Å². The van der Waals surface area contributed by atoms with Crippen LogP contribution in [0.3, 0.4) is 0 Å². The number of nitro benzene ring substituents is 1. The number of nitrogens with one attached hydrogen (secondary N) is 1. The van der Waals surface area contributed by atoms with Crippen molar-refractivity contribution in [1.82, 2.24) is 5.32 Å². The molecule has 0 aromatic heterocycles. The van der Waals surface area contributed by atoms with E-state index in [0.717, 1.165) is 19.2 Å². The molecule has 0 spiro atoms. The molecule has 1 amide bonds. The first-order valence-electron chi connectivity index (χ1n) is 6.81. The Labute approximate surface area is 136 Å². The molecule has 0 atom stereocenters. The maximum atomic E-state index is 12.8. The Morgan fingerprint density at radius 1 is 1.17 bits per heavy atom. The van der Waals surface area contributed by atoms with Crippen LogP contribution in [0.1, 0.15) is 26.3 Å². The summed E-state index contributed by atoms with van der Waals surface area (Å²) in [6, 6.07) is 8.81. The van der Waals surface area contributed by atoms with Crippen LogP contribution in [0.5, 0.6) is 0 Å². The van der Waals surface area contributed by atoms with Gasteiger partial charge >= 0.3 is 5.97 Å². The second-order valence-electron chi connectivity index (χ2n) is 4.83. The van der Waals surface area contributed by atoms with Crippen molar-refractivity contribution >= 4 is 17.6 Å². The van der Waals surface area contributed by atoms with Crippen LogP contribution in [0.2, 0.25) is 0 Å². The largest absolute Gasteiger partial charge is 0.465 e. The van der Waals surface area contributed by atoms with Gasteiger partial charge in [0.15, 0.2) is 0 Å². The number of halogens is 1. The molecule has 0 aliphatic rings. The number of methoxy groups -OCH3 is 1. The minimum atomic E-state index is -0.786. The molecule has 0 unspecified atom stereocenters. The predicted octanol–water partition coefficient (Wildman–Crippen LogP) is 2.45. The van der Waals surface area contributed by atoms with E-state index in [2.05, 4.69) is 10.1 Å². The Morgan fingerprint density at radius 3 is 2.38 bits per heavy atom. The van der Waals surface area contributed by atoms with Gasteiger partial charge in [-0.05, 0) is 23.8 Å². The zero-order valence-corrected chi connectivity index (χ0v) is 12.6. The van der Waals surface area contributed by atoms with Gasteiger partial charge < -0.3 is 10.1 Å². The number of non-ortho nitro benzene ring substituents is 1. The van der Waals surface area contributed by atoms with Crippen molar-refractivity contribution < 1.29 is 23.6 Å². The molecule has 0 bridgehead atoms. The van der Waals surface area contributed by atoms with Crippen LogP contribution in [0.15, 0.2) is 42.5 Å². The Balaban J connectivity index is 2.21. The quantitative estimate of drug-likeness (QED) is 0.515. The minimum Gasteiger partial charge on any atom is -0.465 e. The molecule has 0 radical (unpaired) electrons. The first-order valence-corrected chi connectivity index (χ1v) is 6.81. The second-order valence-corrected chi connectivity index (χ2v) is 4.83. The normalized spacial score (nSPS) is 10.1. The fourth-order valence-corrected chi connectivity index (χ4v) is 1.97. The summed E-state index contributed by atoms with van der Waals surface area (Å²) < 4.78 is 17.3. The summed E-state index contributed by atoms with van der Waals surface area (Å²) in [6.45, 7) is 0.107. The van der Waals surface area contributed by atoms with Gasteiger partial charge in [-0.3, -0.25) is 14.9 Å². The molecule has 8 heteroatoms. The molecule has 0 saturated carbocycles. The van der Waals surface area contributed by atoms with Gasteiger partial charge in [-0.2, -0.15) is 0 Å². The summed E-state index contributed by atoms with van der Waals surface area (Å²) in [6.07, 6.45) is 0. The molecule has 24 heavy (non-hydrogen) atoms. The van der Waals surface area contributed by atoms with Crippen LogP contribution in [-0.4, -0.2) is 23.9 Å². The predicted molar refractivity (Wildman–Crippen MR) is 82.0 cm³/mol. The molecule has 124 valence electrons. The number of esters is 1. The number of rotatable bonds is 5. The van der Waals surface area contributed by atoms with Gasteiger partial charge in [0.1, 0.15) is 5.82 Å². The van der Waals surface area contributed by atoms with Gasteiger partial charge in [0.2, 0.25) is 0 Å². The average Bonchev–Trinajstić information content (AvgIpc) is 2.59. The van der Waals surface area contributed by atoms with Gasteiger partial charge in [0.05, 0.1) is 17.6 Å². The monoisotopic (exact) mass is 332 g/mol. The van der Waals surface area contributed by atoms with Crippen molar-refractivity contribution in [2.24, 2.45) is 0 Å². The highest BCUT2D eigenvalue weighted by Crippen LogP contribution is 2.18. The Bertz CT molecular complexity index is 790. The molecule has 1 N–H and O–H groups in total. The van der Waals surface area contributed by atoms with E-state index in [1.807, 2.05) is 0 Å². The van der Waals surface area contributed by atoms with Crippen LogP contribution in [0.4, 0.5) is 10.1 Å². The molecule has 0 fully saturated rings. The first kappa shape index (κ1) is 17.1. The van der Waals surface area contributed by atoms with Gasteiger partial charge in [-0.15, -0.1) is 0 Å². The summed E-state index contributed by atoms with van der Waals surface area (Å²) in [4.78, 5) is 34.0. The average molecular weight is 332 g/mol. The molecule has 0 aliphatic heterocycles. The topological polar surface area (TPSA) is 98.5 Å². The van der Waals surface area contributed by atoms with Gasteiger partial charge in [0.25, 0.3) is 11.6 Å². The maximum Gasteiger partial charge on any atom is 0.338 e. The Kier molecular flexibility index (Phi) is 5.20. The number of carbonyl (C=O) groups is 2. The standard InChI is InChI=1S/C16H13FN2O5/c1-24-16(21)12-6-11(7-14(8-12)19(22)23)15(20)18-9-10-2-4-13(17)5-3-10/h2-8H,9H2,1H3,(H,18,20). The summed E-state index contributed by atoms with van der Waals surface area (Å²) in [5.74, 6) is -1.79. The molecule has 2 aromatic carbocycles. The zero-order valence-electron chi connectivity index (χ0n) is 12.6. The van der Waals surface area contributed by atoms with Crippen LogP contribution in [0.25, 0.3) is 0 Å². The van der Waals surface area contributed by atoms with Crippen LogP contribution < -0.4 is 5.32 Å². The number of hydrogen-bond acceptors (Lipinski definition) is 5. The lowest BCUT2D eigenvalue weighted by molar-refractivity contribution is -0.384. The van der Waals surface area contributed by atoms with Crippen molar-refractivity contribution in [2.75, 3.05) is 7.11 Å². The summed E-state index contributed by atoms with van der Waals surface area (Å²) in [5.41, 5.74) is 0.110. The fourth-order valence-electron chi connectivity index (χ4n) is 1.97. The first-order chi connectivity index (χ1) is 11.4. The van der Waals surface area contributed by atoms with Crippen LogP contribution in [0, 0.1) is 15.9 Å². The molecular formula is C16H13FN2O5. The number of nitro groups is 1. The fraction of sp³-hybridized carbons (Fsp3) is 0.125. The smallest absolute Gasteiger partial charge is 0.338 e. The summed E-state index contributed by atoms with van der Waals surface area (Å²) >= 11 is 0. The van der Waals surface area contributed by atoms with Crippen molar-refractivity contribution in [3.63, 3.8) is 0 Å². The highest BCUT2D eigenvalue weighted by atomic mass is 19.1. The minimum absolute atomic E-state index is 0.0493. The zero-order chi connectivity index (χ0) is 17.7. The number of nitrogens with zero attached hydrogens (tertiary/aromatic N) is 1. The van der Waals surface area contributed by atoms with Crippen molar-refractivity contribution in [1.29, 1.82) is 0 Å². The van der Waals surface area contributed by atoms with Gasteiger partial charge in [-0.25, -0.2) is 9.18 Å². The Hall–Kier alpha value is -3.29. The Morgan fingerprint density at radius 2 is 1.79 bits per heavy atom. The van der Waals surface area contributed by atoms with E-state index >= 15 is 0 Å². The third-order valence-electron chi connectivity index (χ3n) is 3.18. The highest BCUT2D eigenvalue weighted by molar-refractivity contribution is 5.98. The highest BCUT2D eigenvalue weighted by Gasteiger charge is 2.18. The van der Waals surface area contributed by atoms with Crippen LogP contribution >= 0.6 is 0 Å².